The van der Waals surface area contributed by atoms with Gasteiger partial charge >= 0.3 is 11.9 Å². The van der Waals surface area contributed by atoms with Gasteiger partial charge in [-0.2, -0.15) is 0 Å². The molecule has 216 valence electrons. The van der Waals surface area contributed by atoms with E-state index in [1.165, 1.54) is 5.57 Å². The fourth-order valence-corrected chi connectivity index (χ4v) is 9.45. The van der Waals surface area contributed by atoms with Crippen LogP contribution in [0.3, 0.4) is 0 Å². The molecule has 40 heavy (non-hydrogen) atoms. The fourth-order valence-electron chi connectivity index (χ4n) is 9.45. The van der Waals surface area contributed by atoms with Crippen LogP contribution in [-0.4, -0.2) is 28.6 Å². The molecular weight excluding hydrogens is 504 g/mol. The third-order valence-corrected chi connectivity index (χ3v) is 12.1. The van der Waals surface area contributed by atoms with Gasteiger partial charge in [0.15, 0.2) is 5.78 Å². The number of esters is 1. The average molecular weight is 549 g/mol. The van der Waals surface area contributed by atoms with Crippen LogP contribution in [0.1, 0.15) is 98.0 Å². The molecular formula is C34H44O6. The van der Waals surface area contributed by atoms with Crippen molar-refractivity contribution < 1.29 is 29.0 Å². The van der Waals surface area contributed by atoms with Crippen LogP contribution in [0.25, 0.3) is 0 Å². The largest absolute Gasteiger partial charge is 0.481 e. The molecule has 1 aromatic carbocycles. The summed E-state index contributed by atoms with van der Waals surface area (Å²) in [4.78, 5) is 52.1. The van der Waals surface area contributed by atoms with Crippen LogP contribution in [0.15, 0.2) is 41.5 Å². The van der Waals surface area contributed by atoms with E-state index in [-0.39, 0.29) is 59.7 Å². The number of benzene rings is 1. The number of ketones is 2. The van der Waals surface area contributed by atoms with Crippen LogP contribution in [0.5, 0.6) is 0 Å². The lowest BCUT2D eigenvalue weighted by molar-refractivity contribution is -0.155. The molecule has 6 atom stereocenters. The number of carbonyl (C=O) groups is 4. The van der Waals surface area contributed by atoms with Crippen molar-refractivity contribution in [1.29, 1.82) is 0 Å². The number of allylic oxidation sites excluding steroid dienone is 2. The second-order valence-electron chi connectivity index (χ2n) is 14.1. The van der Waals surface area contributed by atoms with Crippen LogP contribution >= 0.6 is 0 Å². The molecule has 0 unspecified atom stereocenters. The first kappa shape index (κ1) is 28.8. The van der Waals surface area contributed by atoms with Gasteiger partial charge in [0.2, 0.25) is 0 Å². The van der Waals surface area contributed by atoms with Crippen molar-refractivity contribution in [3.8, 4) is 0 Å². The van der Waals surface area contributed by atoms with Crippen LogP contribution in [-0.2, 0) is 30.5 Å². The Labute approximate surface area is 237 Å². The molecule has 0 aliphatic heterocycles. The molecule has 6 heteroatoms. The highest BCUT2D eigenvalue weighted by Gasteiger charge is 2.66. The number of hydrogen-bond acceptors (Lipinski definition) is 5. The SMILES string of the molecule is CC1(C)C(=O)CC[C@]2(C)C3=C(C(=O)C[C@@H]12)[C@@]1(C)CC[C@@H]([C@H](CCC(=O)O)C(=O)OCc2ccccc2)[C@]1(C)CC3. The highest BCUT2D eigenvalue weighted by Crippen LogP contribution is 2.71. The molecule has 1 aromatic rings. The highest BCUT2D eigenvalue weighted by atomic mass is 16.5. The van der Waals surface area contributed by atoms with Gasteiger partial charge < -0.3 is 9.84 Å². The van der Waals surface area contributed by atoms with E-state index in [4.69, 9.17) is 4.74 Å². The van der Waals surface area contributed by atoms with E-state index in [2.05, 4.69) is 20.8 Å². The maximum atomic E-state index is 14.1. The lowest BCUT2D eigenvalue weighted by atomic mass is 9.43. The van der Waals surface area contributed by atoms with Crippen molar-refractivity contribution in [3.63, 3.8) is 0 Å². The van der Waals surface area contributed by atoms with Crippen molar-refractivity contribution in [2.45, 2.75) is 99.0 Å². The highest BCUT2D eigenvalue weighted by molar-refractivity contribution is 6.01. The summed E-state index contributed by atoms with van der Waals surface area (Å²) in [6.07, 6.45) is 5.04. The lowest BCUT2D eigenvalue weighted by Crippen LogP contribution is -2.56. The van der Waals surface area contributed by atoms with Crippen molar-refractivity contribution in [2.75, 3.05) is 0 Å². The molecule has 4 aliphatic rings. The lowest BCUT2D eigenvalue weighted by Gasteiger charge is -2.60. The summed E-state index contributed by atoms with van der Waals surface area (Å²) in [5.41, 5.74) is 1.67. The summed E-state index contributed by atoms with van der Waals surface area (Å²) in [5.74, 6) is -1.43. The summed E-state index contributed by atoms with van der Waals surface area (Å²) in [6, 6.07) is 9.53. The number of ether oxygens (including phenoxy) is 1. The standard InChI is InChI=1S/C34H44O6/c1-31(2)26-19-25(35)29-24(32(26,3)16-15-27(31)36)14-17-33(4)23(13-18-34(29,33)5)22(11-12-28(37)38)30(39)40-20-21-9-7-6-8-10-21/h6-10,22-23,26H,11-20H2,1-5H3,(H,37,38)/t22-,23-,26-,32+,33-,34+/m0/s1. The van der Waals surface area contributed by atoms with E-state index in [9.17, 15) is 24.3 Å². The summed E-state index contributed by atoms with van der Waals surface area (Å²) in [7, 11) is 0. The zero-order chi connectivity index (χ0) is 29.1. The van der Waals surface area contributed by atoms with Crippen molar-refractivity contribution in [3.05, 3.63) is 47.0 Å². The number of carboxylic acids is 1. The number of fused-ring (bicyclic) bond motifs is 4. The second kappa shape index (κ2) is 9.95. The minimum absolute atomic E-state index is 0.00827. The normalized spacial score (nSPS) is 35.4. The summed E-state index contributed by atoms with van der Waals surface area (Å²) >= 11 is 0. The van der Waals surface area contributed by atoms with Gasteiger partial charge in [-0.15, -0.1) is 0 Å². The van der Waals surface area contributed by atoms with Gasteiger partial charge in [-0.05, 0) is 66.8 Å². The molecule has 5 rings (SSSR count). The van der Waals surface area contributed by atoms with E-state index in [0.717, 1.165) is 43.2 Å². The first-order valence-corrected chi connectivity index (χ1v) is 15.0. The summed E-state index contributed by atoms with van der Waals surface area (Å²) < 4.78 is 5.80. The third kappa shape index (κ3) is 4.28. The summed E-state index contributed by atoms with van der Waals surface area (Å²) in [5, 5.41) is 9.50. The van der Waals surface area contributed by atoms with Crippen molar-refractivity contribution in [2.24, 2.45) is 39.4 Å². The molecule has 0 heterocycles. The third-order valence-electron chi connectivity index (χ3n) is 12.1. The van der Waals surface area contributed by atoms with Gasteiger partial charge in [0.25, 0.3) is 0 Å². The Kier molecular flexibility index (Phi) is 7.16. The maximum Gasteiger partial charge on any atom is 0.309 e. The number of rotatable bonds is 7. The van der Waals surface area contributed by atoms with Gasteiger partial charge in [-0.1, -0.05) is 70.5 Å². The molecule has 0 bridgehead atoms. The Hall–Kier alpha value is -2.76. The Balaban J connectivity index is 1.48. The topological polar surface area (TPSA) is 97.7 Å². The molecule has 2 saturated carbocycles. The Bertz CT molecular complexity index is 1260. The number of hydrogen-bond donors (Lipinski definition) is 1. The van der Waals surface area contributed by atoms with Gasteiger partial charge in [0.05, 0.1) is 5.92 Å². The number of carboxylic acid groups (broad SMARTS) is 1. The Morgan fingerprint density at radius 3 is 2.38 bits per heavy atom. The first-order valence-electron chi connectivity index (χ1n) is 15.0. The predicted molar refractivity (Wildman–Crippen MR) is 151 cm³/mol. The minimum Gasteiger partial charge on any atom is -0.481 e. The molecule has 0 amide bonds. The molecule has 6 nitrogen and oxygen atoms in total. The zero-order valence-corrected chi connectivity index (χ0v) is 24.7. The molecule has 0 radical (unpaired) electrons. The smallest absolute Gasteiger partial charge is 0.309 e. The molecule has 0 spiro atoms. The quantitative estimate of drug-likeness (QED) is 0.381. The number of aliphatic carboxylic acids is 1. The van der Waals surface area contributed by atoms with Gasteiger partial charge in [-0.3, -0.25) is 19.2 Å². The van der Waals surface area contributed by atoms with Crippen molar-refractivity contribution >= 4 is 23.5 Å². The van der Waals surface area contributed by atoms with Crippen LogP contribution in [0.2, 0.25) is 0 Å². The molecule has 2 fully saturated rings. The molecule has 0 saturated heterocycles. The van der Waals surface area contributed by atoms with Gasteiger partial charge in [-0.25, -0.2) is 0 Å². The monoisotopic (exact) mass is 548 g/mol. The van der Waals surface area contributed by atoms with Crippen molar-refractivity contribution in [1.82, 2.24) is 0 Å². The van der Waals surface area contributed by atoms with E-state index in [1.807, 2.05) is 44.2 Å². The van der Waals surface area contributed by atoms with E-state index < -0.39 is 22.7 Å². The zero-order valence-electron chi connectivity index (χ0n) is 24.7. The second-order valence-corrected chi connectivity index (χ2v) is 14.1. The molecule has 1 N–H and O–H groups in total. The summed E-state index contributed by atoms with van der Waals surface area (Å²) in [6.45, 7) is 10.9. The molecule has 0 aromatic heterocycles. The Morgan fingerprint density at radius 2 is 1.70 bits per heavy atom. The number of Topliss-reactive ketones (excluding diaryl/α,β-unsaturated/α-hetero) is 2. The first-order chi connectivity index (χ1) is 18.8. The van der Waals surface area contributed by atoms with E-state index >= 15 is 0 Å². The maximum absolute atomic E-state index is 14.1. The molecule has 4 aliphatic carbocycles. The van der Waals surface area contributed by atoms with E-state index in [0.29, 0.717) is 12.8 Å². The predicted octanol–water partition coefficient (Wildman–Crippen LogP) is 6.71. The van der Waals surface area contributed by atoms with Crippen LogP contribution < -0.4 is 0 Å². The average Bonchev–Trinajstić information content (AvgIpc) is 3.18. The van der Waals surface area contributed by atoms with Gasteiger partial charge in [0, 0.05) is 35.7 Å². The minimum atomic E-state index is -0.920. The van der Waals surface area contributed by atoms with Crippen LogP contribution in [0.4, 0.5) is 0 Å². The van der Waals surface area contributed by atoms with Gasteiger partial charge in [0.1, 0.15) is 12.4 Å². The van der Waals surface area contributed by atoms with E-state index in [1.54, 1.807) is 0 Å². The van der Waals surface area contributed by atoms with Crippen LogP contribution in [0, 0.1) is 39.4 Å². The number of carbonyl (C=O) groups excluding carboxylic acids is 3. The Morgan fingerprint density at radius 1 is 1.00 bits per heavy atom. The fraction of sp³-hybridized carbons (Fsp3) is 0.647.